The average Bonchev–Trinajstić information content (AvgIpc) is 2.36. The predicted molar refractivity (Wildman–Crippen MR) is 80.1 cm³/mol. The van der Waals surface area contributed by atoms with Gasteiger partial charge in [0.1, 0.15) is 0 Å². The van der Waals surface area contributed by atoms with Crippen LogP contribution in [-0.2, 0) is 0 Å². The van der Waals surface area contributed by atoms with E-state index in [4.69, 9.17) is 0 Å². The first-order valence-electron chi connectivity index (χ1n) is 7.84. The summed E-state index contributed by atoms with van der Waals surface area (Å²) in [5.74, 6) is 0.923. The van der Waals surface area contributed by atoms with Crippen molar-refractivity contribution >= 4 is 0 Å². The second kappa shape index (κ2) is 8.89. The molecule has 3 nitrogen and oxygen atoms in total. The van der Waals surface area contributed by atoms with E-state index in [1.165, 1.54) is 45.6 Å². The molecule has 1 saturated heterocycles. The van der Waals surface area contributed by atoms with E-state index in [1.807, 2.05) is 0 Å². The van der Waals surface area contributed by atoms with E-state index < -0.39 is 0 Å². The van der Waals surface area contributed by atoms with Crippen LogP contribution in [0.15, 0.2) is 0 Å². The molecule has 0 saturated carbocycles. The van der Waals surface area contributed by atoms with Crippen LogP contribution in [0.2, 0.25) is 0 Å². The van der Waals surface area contributed by atoms with Crippen LogP contribution in [0.4, 0.5) is 0 Å². The molecular formula is C15H33N3. The fraction of sp³-hybridized carbons (Fsp3) is 1.00. The Balaban J connectivity index is 2.04. The summed E-state index contributed by atoms with van der Waals surface area (Å²) < 4.78 is 0. The molecule has 18 heavy (non-hydrogen) atoms. The van der Waals surface area contributed by atoms with Crippen molar-refractivity contribution in [1.29, 1.82) is 0 Å². The molecule has 2 unspecified atom stereocenters. The monoisotopic (exact) mass is 255 g/mol. The average molecular weight is 255 g/mol. The lowest BCUT2D eigenvalue weighted by molar-refractivity contribution is 0.130. The van der Waals surface area contributed by atoms with Crippen LogP contribution < -0.4 is 5.32 Å². The highest BCUT2D eigenvalue weighted by Gasteiger charge is 2.21. The zero-order chi connectivity index (χ0) is 13.4. The van der Waals surface area contributed by atoms with Gasteiger partial charge in [0.05, 0.1) is 0 Å². The highest BCUT2D eigenvalue weighted by molar-refractivity contribution is 4.77. The third-order valence-corrected chi connectivity index (χ3v) is 4.35. The zero-order valence-corrected chi connectivity index (χ0v) is 12.9. The summed E-state index contributed by atoms with van der Waals surface area (Å²) in [6.07, 6.45) is 2.75. The lowest BCUT2D eigenvalue weighted by Crippen LogP contribution is -2.44. The zero-order valence-electron chi connectivity index (χ0n) is 12.9. The van der Waals surface area contributed by atoms with Gasteiger partial charge in [0, 0.05) is 32.2 Å². The molecule has 1 aliphatic heterocycles. The van der Waals surface area contributed by atoms with E-state index in [0.717, 1.165) is 25.0 Å². The molecule has 3 heteroatoms. The van der Waals surface area contributed by atoms with Gasteiger partial charge in [-0.1, -0.05) is 20.8 Å². The molecule has 0 amide bonds. The first-order chi connectivity index (χ1) is 8.67. The SMILES string of the molecule is CCN(CC)CCNCCN1CCC(C)CC1C. The van der Waals surface area contributed by atoms with Gasteiger partial charge in [-0.05, 0) is 45.3 Å². The van der Waals surface area contributed by atoms with Crippen molar-refractivity contribution < 1.29 is 0 Å². The van der Waals surface area contributed by atoms with E-state index in [2.05, 4.69) is 42.8 Å². The minimum atomic E-state index is 0.776. The highest BCUT2D eigenvalue weighted by Crippen LogP contribution is 2.21. The van der Waals surface area contributed by atoms with Crippen molar-refractivity contribution in [1.82, 2.24) is 15.1 Å². The van der Waals surface area contributed by atoms with Crippen LogP contribution >= 0.6 is 0 Å². The van der Waals surface area contributed by atoms with Gasteiger partial charge >= 0.3 is 0 Å². The Hall–Kier alpha value is -0.120. The minimum Gasteiger partial charge on any atom is -0.314 e. The van der Waals surface area contributed by atoms with Gasteiger partial charge in [-0.2, -0.15) is 0 Å². The van der Waals surface area contributed by atoms with Crippen molar-refractivity contribution in [2.45, 2.75) is 46.6 Å². The first-order valence-corrected chi connectivity index (χ1v) is 7.84. The topological polar surface area (TPSA) is 18.5 Å². The van der Waals surface area contributed by atoms with Crippen LogP contribution in [0.25, 0.3) is 0 Å². The molecule has 108 valence electrons. The van der Waals surface area contributed by atoms with Gasteiger partial charge in [0.25, 0.3) is 0 Å². The molecule has 1 rings (SSSR count). The number of hydrogen-bond acceptors (Lipinski definition) is 3. The number of likely N-dealkylation sites (tertiary alicyclic amines) is 1. The summed E-state index contributed by atoms with van der Waals surface area (Å²) in [6, 6.07) is 0.776. The molecule has 2 atom stereocenters. The number of nitrogens with one attached hydrogen (secondary N) is 1. The summed E-state index contributed by atoms with van der Waals surface area (Å²) in [5, 5.41) is 3.58. The van der Waals surface area contributed by atoms with E-state index in [0.29, 0.717) is 0 Å². The summed E-state index contributed by atoms with van der Waals surface area (Å²) in [4.78, 5) is 5.11. The smallest absolute Gasteiger partial charge is 0.0110 e. The first kappa shape index (κ1) is 15.9. The second-order valence-corrected chi connectivity index (χ2v) is 5.79. The van der Waals surface area contributed by atoms with E-state index in [-0.39, 0.29) is 0 Å². The quantitative estimate of drug-likeness (QED) is 0.670. The molecule has 0 aromatic rings. The van der Waals surface area contributed by atoms with Crippen molar-refractivity contribution in [3.05, 3.63) is 0 Å². The van der Waals surface area contributed by atoms with Gasteiger partial charge in [-0.15, -0.1) is 0 Å². The Bertz CT molecular complexity index is 204. The van der Waals surface area contributed by atoms with Gasteiger partial charge < -0.3 is 10.2 Å². The van der Waals surface area contributed by atoms with Crippen LogP contribution in [0, 0.1) is 5.92 Å². The fourth-order valence-corrected chi connectivity index (χ4v) is 2.91. The molecule has 1 heterocycles. The van der Waals surface area contributed by atoms with Gasteiger partial charge in [0.15, 0.2) is 0 Å². The van der Waals surface area contributed by atoms with Gasteiger partial charge in [-0.3, -0.25) is 4.90 Å². The summed E-state index contributed by atoms with van der Waals surface area (Å²) >= 11 is 0. The minimum absolute atomic E-state index is 0.776. The molecule has 1 aliphatic rings. The fourth-order valence-electron chi connectivity index (χ4n) is 2.91. The lowest BCUT2D eigenvalue weighted by Gasteiger charge is -2.36. The molecule has 0 spiro atoms. The Labute approximate surface area is 114 Å². The third-order valence-electron chi connectivity index (χ3n) is 4.35. The molecule has 0 radical (unpaired) electrons. The van der Waals surface area contributed by atoms with Crippen LogP contribution in [0.1, 0.15) is 40.5 Å². The number of nitrogens with zero attached hydrogens (tertiary/aromatic N) is 2. The molecule has 1 fully saturated rings. The van der Waals surface area contributed by atoms with Crippen molar-refractivity contribution in [3.8, 4) is 0 Å². The molecule has 0 aromatic heterocycles. The Morgan fingerprint density at radius 3 is 2.50 bits per heavy atom. The summed E-state index contributed by atoms with van der Waals surface area (Å²) in [6.45, 7) is 17.5. The summed E-state index contributed by atoms with van der Waals surface area (Å²) in [7, 11) is 0. The maximum absolute atomic E-state index is 3.58. The number of rotatable bonds is 8. The molecule has 1 N–H and O–H groups in total. The molecule has 0 bridgehead atoms. The van der Waals surface area contributed by atoms with E-state index >= 15 is 0 Å². The van der Waals surface area contributed by atoms with Crippen molar-refractivity contribution in [3.63, 3.8) is 0 Å². The predicted octanol–water partition coefficient (Wildman–Crippen LogP) is 2.04. The lowest BCUT2D eigenvalue weighted by atomic mass is 9.93. The van der Waals surface area contributed by atoms with Crippen molar-refractivity contribution in [2.75, 3.05) is 45.8 Å². The Kier molecular flexibility index (Phi) is 7.87. The Morgan fingerprint density at radius 2 is 1.89 bits per heavy atom. The highest BCUT2D eigenvalue weighted by atomic mass is 15.2. The maximum Gasteiger partial charge on any atom is 0.0110 e. The second-order valence-electron chi connectivity index (χ2n) is 5.79. The normalized spacial score (nSPS) is 25.8. The molecular weight excluding hydrogens is 222 g/mol. The van der Waals surface area contributed by atoms with E-state index in [1.54, 1.807) is 0 Å². The number of likely N-dealkylation sites (N-methyl/N-ethyl adjacent to an activating group) is 1. The third kappa shape index (κ3) is 5.68. The van der Waals surface area contributed by atoms with Gasteiger partial charge in [0.2, 0.25) is 0 Å². The Morgan fingerprint density at radius 1 is 1.17 bits per heavy atom. The summed E-state index contributed by atoms with van der Waals surface area (Å²) in [5.41, 5.74) is 0. The number of piperidine rings is 1. The largest absolute Gasteiger partial charge is 0.314 e. The van der Waals surface area contributed by atoms with Crippen LogP contribution in [-0.4, -0.2) is 61.7 Å². The molecule has 0 aliphatic carbocycles. The van der Waals surface area contributed by atoms with Gasteiger partial charge in [-0.25, -0.2) is 0 Å². The number of hydrogen-bond donors (Lipinski definition) is 1. The van der Waals surface area contributed by atoms with Crippen LogP contribution in [0.3, 0.4) is 0 Å². The van der Waals surface area contributed by atoms with E-state index in [9.17, 15) is 0 Å². The molecule has 0 aromatic carbocycles. The van der Waals surface area contributed by atoms with Crippen molar-refractivity contribution in [2.24, 2.45) is 5.92 Å². The standard InChI is InChI=1S/C15H33N3/c1-5-17(6-2)11-8-16-9-12-18-10-7-14(3)13-15(18)4/h14-16H,5-13H2,1-4H3. The maximum atomic E-state index is 3.58. The van der Waals surface area contributed by atoms with Crippen LogP contribution in [0.5, 0.6) is 0 Å².